The van der Waals surface area contributed by atoms with Gasteiger partial charge in [-0.3, -0.25) is 4.79 Å². The Morgan fingerprint density at radius 2 is 2.10 bits per heavy atom. The molecule has 0 heterocycles. The van der Waals surface area contributed by atoms with Crippen molar-refractivity contribution >= 4 is 11.6 Å². The Kier molecular flexibility index (Phi) is 7.46. The molecule has 1 amide bonds. The van der Waals surface area contributed by atoms with Crippen molar-refractivity contribution in [3.8, 4) is 11.8 Å². The van der Waals surface area contributed by atoms with E-state index in [0.717, 1.165) is 29.7 Å². The molecule has 0 atom stereocenters. The monoisotopic (exact) mass is 272 g/mol. The van der Waals surface area contributed by atoms with Gasteiger partial charge < -0.3 is 11.1 Å². The fourth-order valence-corrected chi connectivity index (χ4v) is 1.96. The molecule has 3 heteroatoms. The van der Waals surface area contributed by atoms with Gasteiger partial charge in [0.25, 0.3) is 0 Å². The normalized spacial score (nSPS) is 9.75. The highest BCUT2D eigenvalue weighted by molar-refractivity contribution is 5.90. The number of hydrogen-bond acceptors (Lipinski definition) is 2. The lowest BCUT2D eigenvalue weighted by Crippen LogP contribution is -2.11. The van der Waals surface area contributed by atoms with Crippen LogP contribution in [0.25, 0.3) is 0 Å². The van der Waals surface area contributed by atoms with Crippen molar-refractivity contribution in [3.05, 3.63) is 29.3 Å². The van der Waals surface area contributed by atoms with Crippen molar-refractivity contribution in [2.24, 2.45) is 5.73 Å². The van der Waals surface area contributed by atoms with E-state index in [1.54, 1.807) is 0 Å². The number of unbranched alkanes of at least 4 members (excludes halogenated alkanes) is 3. The van der Waals surface area contributed by atoms with E-state index in [1.807, 2.05) is 25.1 Å². The Morgan fingerprint density at radius 1 is 1.30 bits per heavy atom. The molecule has 0 aliphatic carbocycles. The topological polar surface area (TPSA) is 55.1 Å². The molecule has 0 unspecified atom stereocenters. The minimum Gasteiger partial charge on any atom is -0.326 e. The lowest BCUT2D eigenvalue weighted by Gasteiger charge is -2.07. The van der Waals surface area contributed by atoms with Crippen molar-refractivity contribution in [2.75, 3.05) is 11.9 Å². The van der Waals surface area contributed by atoms with Crippen LogP contribution in [0.3, 0.4) is 0 Å². The molecule has 0 radical (unpaired) electrons. The molecule has 0 spiro atoms. The summed E-state index contributed by atoms with van der Waals surface area (Å²) in [7, 11) is 0. The average molecular weight is 272 g/mol. The second-order valence-corrected chi connectivity index (χ2v) is 4.89. The van der Waals surface area contributed by atoms with Crippen LogP contribution in [0.5, 0.6) is 0 Å². The Morgan fingerprint density at radius 3 is 2.75 bits per heavy atom. The highest BCUT2D eigenvalue weighted by atomic mass is 16.1. The minimum atomic E-state index is 0.0845. The highest BCUT2D eigenvalue weighted by Crippen LogP contribution is 2.15. The minimum absolute atomic E-state index is 0.0845. The summed E-state index contributed by atoms with van der Waals surface area (Å²) in [5, 5.41) is 2.93. The molecule has 108 valence electrons. The SMILES string of the molecule is CCCCCCC(=O)Nc1ccc(C#CCN)c(C)c1. The molecule has 1 aromatic rings. The number of rotatable bonds is 6. The molecule has 3 N–H and O–H groups in total. The fraction of sp³-hybridized carbons (Fsp3) is 0.471. The van der Waals surface area contributed by atoms with Gasteiger partial charge in [-0.15, -0.1) is 0 Å². The van der Waals surface area contributed by atoms with Crippen molar-refractivity contribution < 1.29 is 4.79 Å². The summed E-state index contributed by atoms with van der Waals surface area (Å²) >= 11 is 0. The molecule has 0 saturated carbocycles. The van der Waals surface area contributed by atoms with E-state index < -0.39 is 0 Å². The molecular formula is C17H24N2O. The zero-order valence-corrected chi connectivity index (χ0v) is 12.5. The fourth-order valence-electron chi connectivity index (χ4n) is 1.96. The molecule has 0 aliphatic rings. The zero-order chi connectivity index (χ0) is 14.8. The van der Waals surface area contributed by atoms with Crippen LogP contribution in [-0.2, 0) is 4.79 Å². The van der Waals surface area contributed by atoms with Crippen LogP contribution < -0.4 is 11.1 Å². The predicted octanol–water partition coefficient (Wildman–Crippen LogP) is 3.21. The molecule has 20 heavy (non-hydrogen) atoms. The first-order chi connectivity index (χ1) is 9.67. The molecular weight excluding hydrogens is 248 g/mol. The van der Waals surface area contributed by atoms with E-state index >= 15 is 0 Å². The summed E-state index contributed by atoms with van der Waals surface area (Å²) in [6.45, 7) is 4.51. The zero-order valence-electron chi connectivity index (χ0n) is 12.5. The first-order valence-electron chi connectivity index (χ1n) is 7.26. The number of nitrogens with two attached hydrogens (primary N) is 1. The van der Waals surface area contributed by atoms with Crippen molar-refractivity contribution in [1.82, 2.24) is 0 Å². The molecule has 3 nitrogen and oxygen atoms in total. The van der Waals surface area contributed by atoms with Crippen LogP contribution >= 0.6 is 0 Å². The maximum absolute atomic E-state index is 11.8. The first kappa shape index (κ1) is 16.3. The number of anilines is 1. The second-order valence-electron chi connectivity index (χ2n) is 4.89. The Labute approximate surface area is 121 Å². The van der Waals surface area contributed by atoms with Crippen LogP contribution in [-0.4, -0.2) is 12.5 Å². The van der Waals surface area contributed by atoms with Gasteiger partial charge in [0.2, 0.25) is 5.91 Å². The molecule has 0 aliphatic heterocycles. The van der Waals surface area contributed by atoms with E-state index in [9.17, 15) is 4.79 Å². The number of aryl methyl sites for hydroxylation is 1. The Hall–Kier alpha value is -1.79. The van der Waals surface area contributed by atoms with Crippen LogP contribution in [0.4, 0.5) is 5.69 Å². The smallest absolute Gasteiger partial charge is 0.224 e. The van der Waals surface area contributed by atoms with Gasteiger partial charge in [-0.05, 0) is 37.1 Å². The van der Waals surface area contributed by atoms with Crippen molar-refractivity contribution in [1.29, 1.82) is 0 Å². The van der Waals surface area contributed by atoms with Gasteiger partial charge in [-0.25, -0.2) is 0 Å². The quantitative estimate of drug-likeness (QED) is 0.617. The maximum Gasteiger partial charge on any atom is 0.224 e. The van der Waals surface area contributed by atoms with Crippen LogP contribution in [0.1, 0.15) is 50.2 Å². The van der Waals surface area contributed by atoms with Gasteiger partial charge in [0.1, 0.15) is 0 Å². The number of hydrogen-bond donors (Lipinski definition) is 2. The standard InChI is InChI=1S/C17H24N2O/c1-3-4-5-6-9-17(20)19-16-11-10-15(8-7-12-18)14(2)13-16/h10-11,13H,3-6,9,12,18H2,1-2H3,(H,19,20). The number of carbonyl (C=O) groups excluding carboxylic acids is 1. The molecule has 0 bridgehead atoms. The van der Waals surface area contributed by atoms with Crippen LogP contribution in [0.15, 0.2) is 18.2 Å². The second kappa shape index (κ2) is 9.17. The summed E-state index contributed by atoms with van der Waals surface area (Å²) in [6.07, 6.45) is 5.05. The highest BCUT2D eigenvalue weighted by Gasteiger charge is 2.03. The van der Waals surface area contributed by atoms with Crippen LogP contribution in [0.2, 0.25) is 0 Å². The summed E-state index contributed by atoms with van der Waals surface area (Å²) in [6, 6.07) is 5.76. The third-order valence-electron chi connectivity index (χ3n) is 3.09. The number of benzene rings is 1. The van der Waals surface area contributed by atoms with Crippen molar-refractivity contribution in [2.45, 2.75) is 46.0 Å². The van der Waals surface area contributed by atoms with Gasteiger partial charge in [0.05, 0.1) is 6.54 Å². The maximum atomic E-state index is 11.8. The van der Waals surface area contributed by atoms with E-state index in [1.165, 1.54) is 12.8 Å². The van der Waals surface area contributed by atoms with E-state index in [4.69, 9.17) is 5.73 Å². The van der Waals surface area contributed by atoms with E-state index in [0.29, 0.717) is 13.0 Å². The lowest BCUT2D eigenvalue weighted by atomic mass is 10.1. The molecule has 0 aromatic heterocycles. The van der Waals surface area contributed by atoms with Gasteiger partial charge in [0.15, 0.2) is 0 Å². The summed E-state index contributed by atoms with van der Waals surface area (Å²) in [4.78, 5) is 11.8. The van der Waals surface area contributed by atoms with E-state index in [-0.39, 0.29) is 5.91 Å². The summed E-state index contributed by atoms with van der Waals surface area (Å²) in [5.74, 6) is 5.93. The van der Waals surface area contributed by atoms with Gasteiger partial charge in [-0.2, -0.15) is 0 Å². The van der Waals surface area contributed by atoms with Gasteiger partial charge >= 0.3 is 0 Å². The van der Waals surface area contributed by atoms with Crippen molar-refractivity contribution in [3.63, 3.8) is 0 Å². The Bertz CT molecular complexity index is 497. The molecule has 0 saturated heterocycles. The first-order valence-corrected chi connectivity index (χ1v) is 7.26. The third-order valence-corrected chi connectivity index (χ3v) is 3.09. The molecule has 1 rings (SSSR count). The number of amides is 1. The lowest BCUT2D eigenvalue weighted by molar-refractivity contribution is -0.116. The summed E-state index contributed by atoms with van der Waals surface area (Å²) < 4.78 is 0. The molecule has 1 aromatic carbocycles. The number of nitrogens with one attached hydrogen (secondary N) is 1. The number of carbonyl (C=O) groups is 1. The Balaban J connectivity index is 2.52. The van der Waals surface area contributed by atoms with Gasteiger partial charge in [-0.1, -0.05) is 38.0 Å². The summed E-state index contributed by atoms with van der Waals surface area (Å²) in [5.41, 5.74) is 8.20. The predicted molar refractivity (Wildman–Crippen MR) is 84.5 cm³/mol. The largest absolute Gasteiger partial charge is 0.326 e. The average Bonchev–Trinajstić information content (AvgIpc) is 2.43. The van der Waals surface area contributed by atoms with Gasteiger partial charge in [0, 0.05) is 17.7 Å². The molecule has 0 fully saturated rings. The van der Waals surface area contributed by atoms with Crippen LogP contribution in [0, 0.1) is 18.8 Å². The third kappa shape index (κ3) is 5.90. The van der Waals surface area contributed by atoms with E-state index in [2.05, 4.69) is 24.1 Å².